The molecule has 0 spiro atoms. The van der Waals surface area contributed by atoms with Crippen LogP contribution in [0.1, 0.15) is 28.8 Å². The maximum atomic E-state index is 12.9. The minimum atomic E-state index is -0.474. The number of anilines is 1. The summed E-state index contributed by atoms with van der Waals surface area (Å²) in [5.74, 6) is 0.364. The molecule has 1 fully saturated rings. The zero-order valence-electron chi connectivity index (χ0n) is 16.5. The molecule has 4 rings (SSSR count). The normalized spacial score (nSPS) is 15.6. The average Bonchev–Trinajstić information content (AvgIpc) is 3.29. The summed E-state index contributed by atoms with van der Waals surface area (Å²) in [6.07, 6.45) is 4.94. The van der Waals surface area contributed by atoms with Crippen molar-refractivity contribution >= 4 is 17.5 Å². The first-order valence-electron chi connectivity index (χ1n) is 9.99. The summed E-state index contributed by atoms with van der Waals surface area (Å²) in [5, 5.41) is 2.93. The first-order valence-corrected chi connectivity index (χ1v) is 9.99. The van der Waals surface area contributed by atoms with E-state index in [4.69, 9.17) is 4.74 Å². The van der Waals surface area contributed by atoms with Crippen molar-refractivity contribution < 1.29 is 14.3 Å². The molecule has 1 saturated heterocycles. The third kappa shape index (κ3) is 4.66. The molecule has 1 unspecified atom stereocenters. The zero-order chi connectivity index (χ0) is 20.8. The number of carbonyl (C=O) groups is 2. The van der Waals surface area contributed by atoms with E-state index in [-0.39, 0.29) is 11.8 Å². The smallest absolute Gasteiger partial charge is 0.254 e. The summed E-state index contributed by atoms with van der Waals surface area (Å²) >= 11 is 0. The fraction of sp³-hybridized carbons (Fsp3) is 0.208. The second-order valence-corrected chi connectivity index (χ2v) is 7.19. The van der Waals surface area contributed by atoms with Crippen LogP contribution < -0.4 is 10.1 Å². The van der Waals surface area contributed by atoms with Gasteiger partial charge in [0.25, 0.3) is 5.91 Å². The van der Waals surface area contributed by atoms with E-state index in [1.54, 1.807) is 35.5 Å². The van der Waals surface area contributed by atoms with Gasteiger partial charge in [-0.05, 0) is 43.2 Å². The second kappa shape index (κ2) is 9.22. The Hall–Kier alpha value is -3.67. The first-order chi connectivity index (χ1) is 14.7. The Morgan fingerprint density at radius 3 is 2.73 bits per heavy atom. The molecule has 0 aliphatic carbocycles. The lowest BCUT2D eigenvalue weighted by molar-refractivity contribution is -0.119. The van der Waals surface area contributed by atoms with Crippen molar-refractivity contribution in [2.24, 2.45) is 0 Å². The number of hydrogen-bond acceptors (Lipinski definition) is 4. The van der Waals surface area contributed by atoms with Gasteiger partial charge in [0.2, 0.25) is 5.91 Å². The number of benzene rings is 2. The molecule has 6 heteroatoms. The lowest BCUT2D eigenvalue weighted by atomic mass is 10.1. The molecule has 0 bridgehead atoms. The Bertz CT molecular complexity index is 1010. The van der Waals surface area contributed by atoms with Crippen LogP contribution in [0.15, 0.2) is 79.1 Å². The first kappa shape index (κ1) is 19.6. The molecule has 152 valence electrons. The molecular weight excluding hydrogens is 378 g/mol. The van der Waals surface area contributed by atoms with Gasteiger partial charge in [-0.25, -0.2) is 0 Å². The van der Waals surface area contributed by atoms with Crippen molar-refractivity contribution in [1.29, 1.82) is 0 Å². The second-order valence-electron chi connectivity index (χ2n) is 7.19. The minimum Gasteiger partial charge on any atom is -0.489 e. The largest absolute Gasteiger partial charge is 0.489 e. The van der Waals surface area contributed by atoms with Gasteiger partial charge >= 0.3 is 0 Å². The fourth-order valence-electron chi connectivity index (χ4n) is 3.57. The van der Waals surface area contributed by atoms with Crippen molar-refractivity contribution in [2.75, 3.05) is 11.9 Å². The number of carbonyl (C=O) groups excluding carboxylic acids is 2. The van der Waals surface area contributed by atoms with Crippen molar-refractivity contribution in [1.82, 2.24) is 9.88 Å². The zero-order valence-corrected chi connectivity index (χ0v) is 16.5. The molecule has 30 heavy (non-hydrogen) atoms. The summed E-state index contributed by atoms with van der Waals surface area (Å²) in [4.78, 5) is 31.4. The van der Waals surface area contributed by atoms with E-state index >= 15 is 0 Å². The molecular formula is C24H23N3O3. The molecule has 1 N–H and O–H groups in total. The van der Waals surface area contributed by atoms with Crippen molar-refractivity contribution in [3.63, 3.8) is 0 Å². The highest BCUT2D eigenvalue weighted by Gasteiger charge is 2.34. The van der Waals surface area contributed by atoms with Crippen LogP contribution in [0.25, 0.3) is 0 Å². The van der Waals surface area contributed by atoms with Gasteiger partial charge in [0.05, 0.1) is 0 Å². The Morgan fingerprint density at radius 1 is 1.07 bits per heavy atom. The van der Waals surface area contributed by atoms with Crippen LogP contribution in [0.3, 0.4) is 0 Å². The minimum absolute atomic E-state index is 0.109. The fourth-order valence-corrected chi connectivity index (χ4v) is 3.57. The van der Waals surface area contributed by atoms with E-state index in [2.05, 4.69) is 10.3 Å². The van der Waals surface area contributed by atoms with Crippen molar-refractivity contribution in [3.05, 3.63) is 90.3 Å². The molecule has 1 aliphatic rings. The number of nitrogens with one attached hydrogen (secondary N) is 1. The van der Waals surface area contributed by atoms with Gasteiger partial charge in [-0.2, -0.15) is 0 Å². The maximum absolute atomic E-state index is 12.9. The number of aromatic nitrogens is 1. The topological polar surface area (TPSA) is 71.5 Å². The number of nitrogens with zero attached hydrogens (tertiary/aromatic N) is 2. The van der Waals surface area contributed by atoms with E-state index in [1.165, 1.54) is 0 Å². The summed E-state index contributed by atoms with van der Waals surface area (Å²) in [5.41, 5.74) is 2.21. The lowest BCUT2D eigenvalue weighted by Gasteiger charge is -2.24. The van der Waals surface area contributed by atoms with Crippen molar-refractivity contribution in [2.45, 2.75) is 25.5 Å². The molecule has 1 aromatic heterocycles. The number of rotatable bonds is 6. The van der Waals surface area contributed by atoms with Gasteiger partial charge in [0, 0.05) is 41.8 Å². The van der Waals surface area contributed by atoms with E-state index < -0.39 is 6.04 Å². The van der Waals surface area contributed by atoms with Gasteiger partial charge in [0.1, 0.15) is 18.4 Å². The predicted molar refractivity (Wildman–Crippen MR) is 114 cm³/mol. The summed E-state index contributed by atoms with van der Waals surface area (Å²) in [6, 6.07) is 19.7. The van der Waals surface area contributed by atoms with Gasteiger partial charge in [-0.15, -0.1) is 0 Å². The number of hydrogen-bond donors (Lipinski definition) is 1. The van der Waals surface area contributed by atoms with Crippen LogP contribution in [0.4, 0.5) is 5.69 Å². The molecule has 1 atom stereocenters. The van der Waals surface area contributed by atoms with Gasteiger partial charge in [-0.1, -0.05) is 30.3 Å². The maximum Gasteiger partial charge on any atom is 0.254 e. The standard InChI is InChI=1S/C24H23N3O3/c28-23(22-12-6-14-27(22)24(29)19-8-2-1-3-9-19)26-20-10-4-11-21(15-20)30-17-18-7-5-13-25-16-18/h1-5,7-11,13,15-16,22H,6,12,14,17H2,(H,26,28). The molecule has 2 heterocycles. The number of amides is 2. The Balaban J connectivity index is 1.40. The monoisotopic (exact) mass is 401 g/mol. The van der Waals surface area contributed by atoms with Gasteiger partial charge in [-0.3, -0.25) is 14.6 Å². The molecule has 6 nitrogen and oxygen atoms in total. The summed E-state index contributed by atoms with van der Waals surface area (Å²) in [6.45, 7) is 0.979. The summed E-state index contributed by atoms with van der Waals surface area (Å²) < 4.78 is 5.80. The highest BCUT2D eigenvalue weighted by atomic mass is 16.5. The van der Waals surface area contributed by atoms with Crippen LogP contribution in [-0.2, 0) is 11.4 Å². The molecule has 0 radical (unpaired) electrons. The lowest BCUT2D eigenvalue weighted by Crippen LogP contribution is -2.43. The predicted octanol–water partition coefficient (Wildman–Crippen LogP) is 3.90. The highest BCUT2D eigenvalue weighted by Crippen LogP contribution is 2.23. The van der Waals surface area contributed by atoms with Crippen LogP contribution >= 0.6 is 0 Å². The molecule has 1 aliphatic heterocycles. The quantitative estimate of drug-likeness (QED) is 0.680. The number of pyridine rings is 1. The van der Waals surface area contributed by atoms with E-state index in [0.717, 1.165) is 12.0 Å². The highest BCUT2D eigenvalue weighted by molar-refractivity contribution is 6.01. The van der Waals surface area contributed by atoms with Gasteiger partial charge in [0.15, 0.2) is 0 Å². The summed E-state index contributed by atoms with van der Waals surface area (Å²) in [7, 11) is 0. The van der Waals surface area contributed by atoms with Crippen LogP contribution in [-0.4, -0.2) is 34.3 Å². The van der Waals surface area contributed by atoms with Crippen LogP contribution in [0.2, 0.25) is 0 Å². The molecule has 0 saturated carbocycles. The van der Waals surface area contributed by atoms with Gasteiger partial charge < -0.3 is 15.0 Å². The molecule has 2 aromatic carbocycles. The molecule has 3 aromatic rings. The Labute approximate surface area is 175 Å². The SMILES string of the molecule is O=C(Nc1cccc(OCc2cccnc2)c1)C1CCCN1C(=O)c1ccccc1. The van der Waals surface area contributed by atoms with E-state index in [0.29, 0.717) is 36.6 Å². The Kier molecular flexibility index (Phi) is 6.03. The number of likely N-dealkylation sites (tertiary alicyclic amines) is 1. The number of ether oxygens (including phenoxy) is 1. The van der Waals surface area contributed by atoms with Crippen LogP contribution in [0, 0.1) is 0 Å². The third-order valence-electron chi connectivity index (χ3n) is 5.07. The van der Waals surface area contributed by atoms with E-state index in [9.17, 15) is 9.59 Å². The Morgan fingerprint density at radius 2 is 1.93 bits per heavy atom. The van der Waals surface area contributed by atoms with Crippen LogP contribution in [0.5, 0.6) is 5.75 Å². The molecule has 2 amide bonds. The van der Waals surface area contributed by atoms with E-state index in [1.807, 2.05) is 48.5 Å². The third-order valence-corrected chi connectivity index (χ3v) is 5.07. The average molecular weight is 401 g/mol. The van der Waals surface area contributed by atoms with Crippen molar-refractivity contribution in [3.8, 4) is 5.75 Å².